The van der Waals surface area contributed by atoms with Gasteiger partial charge in [-0.3, -0.25) is 5.41 Å². The predicted octanol–water partition coefficient (Wildman–Crippen LogP) is 13.6. The molecule has 300 valence electrons. The number of fused-ring (bicyclic) bond motifs is 15. The molecule has 5 nitrogen and oxygen atoms in total. The Kier molecular flexibility index (Phi) is 7.82. The minimum absolute atomic E-state index is 0.142. The highest BCUT2D eigenvalue weighted by Gasteiger charge is 2.51. The molecule has 9 aromatic carbocycles. The molecule has 0 saturated carbocycles. The SMILES string of the molecule is C=NC(=NC(=N)c1ccccc1)c1cccc2c1-c1cc(Cc3ccc4c(c3)c3ccccc3n4-c3ccccc3)ccc1C21c2ccccc2-n2c3ccccc3c3cccc1c32. The molecule has 0 fully saturated rings. The fourth-order valence-corrected chi connectivity index (χ4v) is 11.2. The summed E-state index contributed by atoms with van der Waals surface area (Å²) in [5, 5.41) is 14.0. The molecule has 11 aromatic rings. The number of nitrogens with zero attached hydrogens (tertiary/aromatic N) is 4. The summed E-state index contributed by atoms with van der Waals surface area (Å²) in [6, 6.07) is 74.1. The standard InChI is InChI=1S/C59H39N5/c1-61-58(62-57(60)39-16-4-2-5-17-39)44-23-15-25-49-55(44)46-36-37(34-38-31-33-53-45(35-38)42-21-9-11-27-51(42)63(53)40-18-6-3-7-19-40)30-32-47(46)59(49)48-24-10-13-29-54(48)64-52-28-12-8-20-41(52)43-22-14-26-50(59)56(43)64/h2-33,35-36,60H,1,34H2. The van der Waals surface area contributed by atoms with Gasteiger partial charge in [0.15, 0.2) is 11.7 Å². The van der Waals surface area contributed by atoms with Crippen molar-refractivity contribution in [2.45, 2.75) is 11.8 Å². The van der Waals surface area contributed by atoms with Gasteiger partial charge in [0.05, 0.1) is 33.2 Å². The van der Waals surface area contributed by atoms with Gasteiger partial charge in [0.25, 0.3) is 0 Å². The second-order valence-electron chi connectivity index (χ2n) is 17.0. The Morgan fingerprint density at radius 1 is 0.500 bits per heavy atom. The molecule has 1 spiro atoms. The largest absolute Gasteiger partial charge is 0.309 e. The van der Waals surface area contributed by atoms with Gasteiger partial charge in [-0.25, -0.2) is 9.98 Å². The van der Waals surface area contributed by atoms with Gasteiger partial charge >= 0.3 is 0 Å². The molecule has 2 aromatic heterocycles. The average molecular weight is 818 g/mol. The third kappa shape index (κ3) is 4.98. The van der Waals surface area contributed by atoms with Gasteiger partial charge in [-0.2, -0.15) is 0 Å². The number of aliphatic imine (C=N–C) groups is 2. The summed E-state index contributed by atoms with van der Waals surface area (Å²) in [7, 11) is 0. The maximum absolute atomic E-state index is 9.09. The van der Waals surface area contributed by atoms with E-state index < -0.39 is 5.41 Å². The number of nitrogens with one attached hydrogen (secondary N) is 1. The van der Waals surface area contributed by atoms with Crippen LogP contribution in [0.25, 0.3) is 66.1 Å². The van der Waals surface area contributed by atoms with Crippen LogP contribution in [0.15, 0.2) is 216 Å². The summed E-state index contributed by atoms with van der Waals surface area (Å²) in [4.78, 5) is 9.48. The lowest BCUT2D eigenvalue weighted by atomic mass is 9.65. The molecule has 1 atom stereocenters. The molecule has 0 saturated heterocycles. The van der Waals surface area contributed by atoms with Crippen molar-refractivity contribution in [3.8, 4) is 22.5 Å². The first-order valence-corrected chi connectivity index (χ1v) is 21.8. The molecule has 13 rings (SSSR count). The van der Waals surface area contributed by atoms with Gasteiger partial charge in [-0.15, -0.1) is 0 Å². The normalized spacial score (nSPS) is 14.9. The average Bonchev–Trinajstić information content (AvgIpc) is 3.97. The van der Waals surface area contributed by atoms with Crippen LogP contribution in [0.5, 0.6) is 0 Å². The minimum Gasteiger partial charge on any atom is -0.309 e. The van der Waals surface area contributed by atoms with Crippen molar-refractivity contribution < 1.29 is 0 Å². The lowest BCUT2D eigenvalue weighted by Crippen LogP contribution is -2.33. The summed E-state index contributed by atoms with van der Waals surface area (Å²) in [5.41, 5.74) is 17.6. The molecule has 2 aliphatic rings. The van der Waals surface area contributed by atoms with Gasteiger partial charge in [-0.1, -0.05) is 164 Å². The van der Waals surface area contributed by atoms with Crippen LogP contribution in [-0.2, 0) is 11.8 Å². The van der Waals surface area contributed by atoms with Crippen molar-refractivity contribution in [3.63, 3.8) is 0 Å². The zero-order valence-electron chi connectivity index (χ0n) is 34.8. The van der Waals surface area contributed by atoms with E-state index in [9.17, 15) is 0 Å². The molecule has 0 radical (unpaired) electrons. The number of para-hydroxylation sites is 5. The van der Waals surface area contributed by atoms with Crippen LogP contribution in [0.3, 0.4) is 0 Å². The highest BCUT2D eigenvalue weighted by atomic mass is 15.0. The van der Waals surface area contributed by atoms with E-state index in [2.05, 4.69) is 197 Å². The Morgan fingerprint density at radius 3 is 1.92 bits per heavy atom. The highest BCUT2D eigenvalue weighted by molar-refractivity contribution is 6.17. The first kappa shape index (κ1) is 36.3. The van der Waals surface area contributed by atoms with Crippen molar-refractivity contribution in [3.05, 3.63) is 251 Å². The first-order valence-electron chi connectivity index (χ1n) is 21.8. The number of amidine groups is 2. The third-order valence-electron chi connectivity index (χ3n) is 13.7. The highest BCUT2D eigenvalue weighted by Crippen LogP contribution is 2.61. The second-order valence-corrected chi connectivity index (χ2v) is 17.0. The second kappa shape index (κ2) is 13.8. The van der Waals surface area contributed by atoms with E-state index >= 15 is 0 Å². The summed E-state index contributed by atoms with van der Waals surface area (Å²) in [6.07, 6.45) is 0.748. The first-order chi connectivity index (χ1) is 31.6. The van der Waals surface area contributed by atoms with Crippen LogP contribution in [0.4, 0.5) is 0 Å². The van der Waals surface area contributed by atoms with Gasteiger partial charge in [0, 0.05) is 38.4 Å². The Morgan fingerprint density at radius 2 is 1.11 bits per heavy atom. The molecule has 5 heteroatoms. The van der Waals surface area contributed by atoms with Crippen LogP contribution < -0.4 is 0 Å². The maximum atomic E-state index is 9.09. The van der Waals surface area contributed by atoms with E-state index in [-0.39, 0.29) is 5.84 Å². The maximum Gasteiger partial charge on any atom is 0.161 e. The number of hydrogen-bond donors (Lipinski definition) is 1. The molecule has 0 amide bonds. The summed E-state index contributed by atoms with van der Waals surface area (Å²) >= 11 is 0. The van der Waals surface area contributed by atoms with E-state index in [0.717, 1.165) is 34.4 Å². The zero-order valence-corrected chi connectivity index (χ0v) is 34.8. The molecule has 1 N–H and O–H groups in total. The lowest BCUT2D eigenvalue weighted by molar-refractivity contribution is 0.748. The van der Waals surface area contributed by atoms with Crippen molar-refractivity contribution in [1.82, 2.24) is 9.13 Å². The third-order valence-corrected chi connectivity index (χ3v) is 13.7. The molecule has 3 heterocycles. The van der Waals surface area contributed by atoms with Crippen molar-refractivity contribution >= 4 is 62.0 Å². The zero-order chi connectivity index (χ0) is 42.5. The number of aromatic nitrogens is 2. The van der Waals surface area contributed by atoms with E-state index in [4.69, 9.17) is 10.4 Å². The van der Waals surface area contributed by atoms with E-state index in [1.54, 1.807) is 0 Å². The number of benzene rings is 9. The molecule has 0 bridgehead atoms. The molecular weight excluding hydrogens is 779 g/mol. The summed E-state index contributed by atoms with van der Waals surface area (Å²) in [6.45, 7) is 4.05. The quantitative estimate of drug-likeness (QED) is 0.133. The molecule has 64 heavy (non-hydrogen) atoms. The van der Waals surface area contributed by atoms with Gasteiger partial charge in [0.2, 0.25) is 0 Å². The van der Waals surface area contributed by atoms with Crippen LogP contribution >= 0.6 is 0 Å². The predicted molar refractivity (Wildman–Crippen MR) is 265 cm³/mol. The van der Waals surface area contributed by atoms with Gasteiger partial charge < -0.3 is 9.13 Å². The van der Waals surface area contributed by atoms with Crippen LogP contribution in [0.2, 0.25) is 0 Å². The van der Waals surface area contributed by atoms with Crippen LogP contribution in [0.1, 0.15) is 44.5 Å². The molecule has 1 unspecified atom stereocenters. The van der Waals surface area contributed by atoms with Crippen molar-refractivity contribution in [2.24, 2.45) is 9.98 Å². The molecular formula is C59H39N5. The fourth-order valence-electron chi connectivity index (χ4n) is 11.2. The van der Waals surface area contributed by atoms with Gasteiger partial charge in [0.1, 0.15) is 0 Å². The van der Waals surface area contributed by atoms with Crippen LogP contribution in [0, 0.1) is 5.41 Å². The van der Waals surface area contributed by atoms with E-state index in [1.807, 2.05) is 30.3 Å². The Balaban J connectivity index is 1.05. The Bertz CT molecular complexity index is 3790. The lowest BCUT2D eigenvalue weighted by Gasteiger charge is -2.39. The van der Waals surface area contributed by atoms with Crippen LogP contribution in [-0.4, -0.2) is 27.5 Å². The van der Waals surface area contributed by atoms with Crippen molar-refractivity contribution in [2.75, 3.05) is 0 Å². The van der Waals surface area contributed by atoms with Gasteiger partial charge in [-0.05, 0) is 100 Å². The monoisotopic (exact) mass is 817 g/mol. The molecule has 1 aliphatic heterocycles. The summed E-state index contributed by atoms with van der Waals surface area (Å²) in [5.74, 6) is 0.569. The molecule has 1 aliphatic carbocycles. The Hall–Kier alpha value is -8.41. The smallest absolute Gasteiger partial charge is 0.161 e. The van der Waals surface area contributed by atoms with Crippen molar-refractivity contribution in [1.29, 1.82) is 5.41 Å². The van der Waals surface area contributed by atoms with E-state index in [1.165, 1.54) is 82.7 Å². The fraction of sp³-hybridized carbons (Fsp3) is 0.0339. The summed E-state index contributed by atoms with van der Waals surface area (Å²) < 4.78 is 4.84. The minimum atomic E-state index is -0.656. The van der Waals surface area contributed by atoms with E-state index in [0.29, 0.717) is 5.84 Å². The number of rotatable bonds is 5. The number of hydrogen-bond acceptors (Lipinski definition) is 1. The topological polar surface area (TPSA) is 58.4 Å². The Labute approximate surface area is 370 Å².